The molecule has 8 nitrogen and oxygen atoms in total. The van der Waals surface area contributed by atoms with Crippen molar-refractivity contribution in [3.8, 4) is 0 Å². The molecule has 3 aromatic carbocycles. The van der Waals surface area contributed by atoms with Gasteiger partial charge in [0.15, 0.2) is 0 Å². The molecule has 33 heavy (non-hydrogen) atoms. The average Bonchev–Trinajstić information content (AvgIpc) is 2.78. The van der Waals surface area contributed by atoms with E-state index in [2.05, 4.69) is 10.6 Å². The summed E-state index contributed by atoms with van der Waals surface area (Å²) in [5, 5.41) is 23.6. The number of hydrogen-bond acceptors (Lipinski definition) is 4. The summed E-state index contributed by atoms with van der Waals surface area (Å²) < 4.78 is 0. The Morgan fingerprint density at radius 3 is 1.42 bits per heavy atom. The monoisotopic (exact) mass is 472 g/mol. The average molecular weight is 473 g/mol. The summed E-state index contributed by atoms with van der Waals surface area (Å²) >= 11 is 0. The summed E-state index contributed by atoms with van der Waals surface area (Å²) in [7, 11) is 0. The molecule has 0 fully saturated rings. The fraction of sp³-hybridized carbons (Fsp3) is 0. The van der Waals surface area contributed by atoms with E-state index < -0.39 is 23.8 Å². The third-order valence-corrected chi connectivity index (χ3v) is 4.41. The third-order valence-electron chi connectivity index (χ3n) is 4.41. The molecule has 164 valence electrons. The Kier molecular flexibility index (Phi) is 9.35. The first-order valence-electron chi connectivity index (χ1n) is 9.41. The van der Waals surface area contributed by atoms with E-state index in [4.69, 9.17) is 0 Å². The predicted molar refractivity (Wildman–Crippen MR) is 127 cm³/mol. The summed E-state index contributed by atoms with van der Waals surface area (Å²) in [6.07, 6.45) is 1.33. The van der Waals surface area contributed by atoms with E-state index in [0.717, 1.165) is 0 Å². The summed E-state index contributed by atoms with van der Waals surface area (Å²) in [6.45, 7) is 0. The molecule has 0 radical (unpaired) electrons. The molecule has 9 heteroatoms. The van der Waals surface area contributed by atoms with Crippen LogP contribution in [0.3, 0.4) is 0 Å². The van der Waals surface area contributed by atoms with Gasteiger partial charge in [0, 0.05) is 0 Å². The van der Waals surface area contributed by atoms with Crippen LogP contribution in [0.15, 0.2) is 84.4 Å². The summed E-state index contributed by atoms with van der Waals surface area (Å²) in [5.74, 6) is -4.19. The van der Waals surface area contributed by atoms with Crippen molar-refractivity contribution in [3.05, 3.63) is 101 Å². The predicted octanol–water partition coefficient (Wildman–Crippen LogP) is 2.83. The Hall–Kier alpha value is -3.46. The quantitative estimate of drug-likeness (QED) is 0.181. The zero-order valence-corrected chi connectivity index (χ0v) is 16.6. The Balaban J connectivity index is 0.00000385. The van der Waals surface area contributed by atoms with Crippen LogP contribution in [-0.2, 0) is 9.59 Å². The van der Waals surface area contributed by atoms with Crippen molar-refractivity contribution in [1.29, 1.82) is 0 Å². The van der Waals surface area contributed by atoms with E-state index in [-0.39, 0.29) is 65.8 Å². The molecule has 0 unspecified atom stereocenters. The van der Waals surface area contributed by atoms with Crippen molar-refractivity contribution >= 4 is 78.9 Å². The number of rotatable bonds is 7. The van der Waals surface area contributed by atoms with Crippen LogP contribution in [0.2, 0.25) is 0 Å². The second kappa shape index (κ2) is 12.0. The number of carbonyl (C=O) groups is 4. The SMILES string of the molecule is O=C(Nc1ccccc1C(=O)O)C(=Cc1ccccc1)C(=O)Nc1ccccc1C(=O)O.[CaH2]. The molecule has 0 saturated heterocycles. The van der Waals surface area contributed by atoms with Gasteiger partial charge in [-0.05, 0) is 35.9 Å². The molecule has 0 heterocycles. The first-order chi connectivity index (χ1) is 15.4. The number of amides is 2. The second-order valence-electron chi connectivity index (χ2n) is 6.58. The molecule has 2 amide bonds. The van der Waals surface area contributed by atoms with E-state index in [9.17, 15) is 29.4 Å². The van der Waals surface area contributed by atoms with Crippen LogP contribution in [-0.4, -0.2) is 71.7 Å². The van der Waals surface area contributed by atoms with Gasteiger partial charge >= 0.3 is 49.7 Å². The number of carbonyl (C=O) groups excluding carboxylic acids is 2. The molecule has 0 atom stereocenters. The number of carboxylic acid groups (broad SMARTS) is 2. The van der Waals surface area contributed by atoms with Gasteiger partial charge in [0.05, 0.1) is 22.5 Å². The first kappa shape index (κ1) is 25.8. The Labute approximate surface area is 218 Å². The second-order valence-corrected chi connectivity index (χ2v) is 6.58. The number of benzene rings is 3. The van der Waals surface area contributed by atoms with Crippen molar-refractivity contribution in [1.82, 2.24) is 0 Å². The molecule has 0 bridgehead atoms. The summed E-state index contributed by atoms with van der Waals surface area (Å²) in [5.41, 5.74) is -0.0408. The number of nitrogens with one attached hydrogen (secondary N) is 2. The number of anilines is 2. The van der Waals surface area contributed by atoms with Crippen molar-refractivity contribution < 1.29 is 29.4 Å². The van der Waals surface area contributed by atoms with Crippen molar-refractivity contribution in [3.63, 3.8) is 0 Å². The van der Waals surface area contributed by atoms with Gasteiger partial charge < -0.3 is 20.8 Å². The zero-order valence-electron chi connectivity index (χ0n) is 16.6. The Bertz CT molecular complexity index is 1150. The van der Waals surface area contributed by atoms with Crippen LogP contribution in [0, 0.1) is 0 Å². The van der Waals surface area contributed by atoms with Gasteiger partial charge in [-0.25, -0.2) is 9.59 Å². The molecule has 3 aromatic rings. The van der Waals surface area contributed by atoms with Crippen molar-refractivity contribution in [2.75, 3.05) is 10.6 Å². The standard InChI is InChI=1S/C24H18N2O6.Ca.2H/c27-21(25-19-12-6-4-10-16(19)23(29)30)18(14-15-8-2-1-3-9-15)22(28)26-20-13-7-5-11-17(20)24(31)32;;;/h1-14H,(H,25,27)(H,26,28)(H,29,30)(H,31,32);;;. The van der Waals surface area contributed by atoms with Crippen molar-refractivity contribution in [2.45, 2.75) is 0 Å². The topological polar surface area (TPSA) is 133 Å². The van der Waals surface area contributed by atoms with E-state index in [1.807, 2.05) is 0 Å². The summed E-state index contributed by atoms with van der Waals surface area (Å²) in [6, 6.07) is 20.1. The first-order valence-corrected chi connectivity index (χ1v) is 9.41. The number of carboxylic acids is 2. The molecular weight excluding hydrogens is 452 g/mol. The van der Waals surface area contributed by atoms with Gasteiger partial charge in [-0.1, -0.05) is 54.6 Å². The van der Waals surface area contributed by atoms with Crippen molar-refractivity contribution in [2.24, 2.45) is 0 Å². The van der Waals surface area contributed by atoms with E-state index >= 15 is 0 Å². The minimum absolute atomic E-state index is 0. The maximum atomic E-state index is 13.0. The molecule has 0 aromatic heterocycles. The van der Waals surface area contributed by atoms with Crippen LogP contribution in [0.5, 0.6) is 0 Å². The fourth-order valence-corrected chi connectivity index (χ4v) is 2.89. The van der Waals surface area contributed by atoms with Gasteiger partial charge in [0.1, 0.15) is 5.57 Å². The van der Waals surface area contributed by atoms with Gasteiger partial charge in [0.25, 0.3) is 11.8 Å². The summed E-state index contributed by atoms with van der Waals surface area (Å²) in [4.78, 5) is 48.9. The van der Waals surface area contributed by atoms with E-state index in [1.54, 1.807) is 42.5 Å². The van der Waals surface area contributed by atoms with Crippen LogP contribution < -0.4 is 10.6 Å². The molecule has 0 aliphatic rings. The molecule has 0 aliphatic carbocycles. The third kappa shape index (κ3) is 6.76. The number of hydrogen-bond donors (Lipinski definition) is 4. The van der Waals surface area contributed by atoms with E-state index in [0.29, 0.717) is 5.56 Å². The van der Waals surface area contributed by atoms with Crippen LogP contribution in [0.25, 0.3) is 6.08 Å². The van der Waals surface area contributed by atoms with Crippen LogP contribution in [0.4, 0.5) is 11.4 Å². The van der Waals surface area contributed by atoms with Gasteiger partial charge in [-0.2, -0.15) is 0 Å². The van der Waals surface area contributed by atoms with E-state index in [1.165, 1.54) is 42.5 Å². The zero-order chi connectivity index (χ0) is 23.1. The minimum atomic E-state index is -1.24. The molecular formula is C24H20CaN2O6. The molecule has 0 spiro atoms. The van der Waals surface area contributed by atoms with Crippen LogP contribution >= 0.6 is 0 Å². The number of aromatic carboxylic acids is 2. The fourth-order valence-electron chi connectivity index (χ4n) is 2.89. The molecule has 4 N–H and O–H groups in total. The van der Waals surface area contributed by atoms with Gasteiger partial charge in [-0.3, -0.25) is 9.59 Å². The Morgan fingerprint density at radius 1 is 0.606 bits per heavy atom. The molecule has 3 rings (SSSR count). The molecule has 0 saturated carbocycles. The maximum absolute atomic E-state index is 13.0. The number of para-hydroxylation sites is 2. The van der Waals surface area contributed by atoms with Gasteiger partial charge in [0.2, 0.25) is 0 Å². The Morgan fingerprint density at radius 2 is 1.00 bits per heavy atom. The normalized spacial score (nSPS) is 9.70. The molecule has 0 aliphatic heterocycles. The van der Waals surface area contributed by atoms with Crippen LogP contribution in [0.1, 0.15) is 26.3 Å². The van der Waals surface area contributed by atoms with Gasteiger partial charge in [-0.15, -0.1) is 0 Å².